The maximum Gasteiger partial charge on any atom is 0.292 e. The number of piperidine rings is 1. The third kappa shape index (κ3) is 3.39. The lowest BCUT2D eigenvalue weighted by Gasteiger charge is -2.28. The van der Waals surface area contributed by atoms with Crippen molar-refractivity contribution >= 4 is 11.4 Å². The molecule has 0 unspecified atom stereocenters. The quantitative estimate of drug-likeness (QED) is 0.660. The van der Waals surface area contributed by atoms with Crippen LogP contribution in [0.15, 0.2) is 18.2 Å². The summed E-state index contributed by atoms with van der Waals surface area (Å²) in [5.41, 5.74) is 0.745. The van der Waals surface area contributed by atoms with Gasteiger partial charge in [-0.1, -0.05) is 0 Å². The predicted molar refractivity (Wildman–Crippen MR) is 78.5 cm³/mol. The van der Waals surface area contributed by atoms with Gasteiger partial charge in [0.15, 0.2) is 0 Å². The lowest BCUT2D eigenvalue weighted by atomic mass is 9.97. The van der Waals surface area contributed by atoms with Crippen LogP contribution in [0, 0.1) is 16.0 Å². The number of anilines is 1. The molecule has 1 fully saturated rings. The van der Waals surface area contributed by atoms with E-state index in [0.717, 1.165) is 32.5 Å². The van der Waals surface area contributed by atoms with Crippen LogP contribution in [0.4, 0.5) is 11.4 Å². The Morgan fingerprint density at radius 3 is 2.75 bits per heavy atom. The minimum Gasteiger partial charge on any atom is -0.497 e. The van der Waals surface area contributed by atoms with Crippen molar-refractivity contribution in [2.75, 3.05) is 38.7 Å². The second-order valence-electron chi connectivity index (χ2n) is 5.19. The fraction of sp³-hybridized carbons (Fsp3) is 0.571. The highest BCUT2D eigenvalue weighted by atomic mass is 16.6. The monoisotopic (exact) mass is 279 g/mol. The second kappa shape index (κ2) is 6.56. The molecule has 2 rings (SSSR count). The van der Waals surface area contributed by atoms with Gasteiger partial charge in [0, 0.05) is 25.7 Å². The minimum absolute atomic E-state index is 0.127. The van der Waals surface area contributed by atoms with Crippen molar-refractivity contribution in [2.45, 2.75) is 12.8 Å². The van der Waals surface area contributed by atoms with Crippen LogP contribution in [0.5, 0.6) is 5.75 Å². The van der Waals surface area contributed by atoms with Gasteiger partial charge < -0.3 is 15.0 Å². The fourth-order valence-corrected chi connectivity index (χ4v) is 2.64. The third-order valence-electron chi connectivity index (χ3n) is 3.78. The van der Waals surface area contributed by atoms with E-state index in [-0.39, 0.29) is 10.6 Å². The average Bonchev–Trinajstić information content (AvgIpc) is 2.47. The summed E-state index contributed by atoms with van der Waals surface area (Å²) in [5, 5.41) is 14.5. The minimum atomic E-state index is -0.340. The van der Waals surface area contributed by atoms with E-state index in [2.05, 4.69) is 5.32 Å². The number of nitro benzene ring substituents is 1. The third-order valence-corrected chi connectivity index (χ3v) is 3.78. The van der Waals surface area contributed by atoms with E-state index in [9.17, 15) is 10.1 Å². The first kappa shape index (κ1) is 14.6. The van der Waals surface area contributed by atoms with Gasteiger partial charge in [-0.15, -0.1) is 0 Å². The standard InChI is InChI=1S/C14H21N3O3/c1-16(10-11-5-7-15-8-6-11)14-9-12(20-2)3-4-13(14)17(18)19/h3-4,9,11,15H,5-8,10H2,1-2H3. The number of benzene rings is 1. The molecule has 1 aromatic carbocycles. The van der Waals surface area contributed by atoms with E-state index in [1.165, 1.54) is 6.07 Å². The Bertz CT molecular complexity index is 473. The lowest BCUT2D eigenvalue weighted by molar-refractivity contribution is -0.384. The summed E-state index contributed by atoms with van der Waals surface area (Å²) in [7, 11) is 3.47. The highest BCUT2D eigenvalue weighted by molar-refractivity contribution is 5.65. The second-order valence-corrected chi connectivity index (χ2v) is 5.19. The molecular weight excluding hydrogens is 258 g/mol. The summed E-state index contributed by atoms with van der Waals surface area (Å²) >= 11 is 0. The Morgan fingerprint density at radius 1 is 1.45 bits per heavy atom. The molecule has 0 bridgehead atoms. The molecule has 1 aliphatic rings. The normalized spacial score (nSPS) is 15.9. The number of nitro groups is 1. The fourth-order valence-electron chi connectivity index (χ4n) is 2.64. The number of nitrogens with one attached hydrogen (secondary N) is 1. The molecule has 1 aromatic rings. The van der Waals surface area contributed by atoms with Crippen molar-refractivity contribution < 1.29 is 9.66 Å². The van der Waals surface area contributed by atoms with E-state index in [1.807, 2.05) is 11.9 Å². The Hall–Kier alpha value is -1.82. The predicted octanol–water partition coefficient (Wildman–Crippen LogP) is 2.04. The number of methoxy groups -OCH3 is 1. The molecule has 6 nitrogen and oxygen atoms in total. The highest BCUT2D eigenvalue weighted by Gasteiger charge is 2.21. The Morgan fingerprint density at radius 2 is 2.15 bits per heavy atom. The number of rotatable bonds is 5. The molecule has 0 aliphatic carbocycles. The SMILES string of the molecule is COc1ccc([N+](=O)[O-])c(N(C)CC2CCNCC2)c1. The van der Waals surface area contributed by atoms with Gasteiger partial charge in [0.25, 0.3) is 5.69 Å². The van der Waals surface area contributed by atoms with E-state index < -0.39 is 0 Å². The molecule has 0 saturated carbocycles. The number of hydrogen-bond acceptors (Lipinski definition) is 5. The first-order valence-electron chi connectivity index (χ1n) is 6.86. The topological polar surface area (TPSA) is 67.6 Å². The average molecular weight is 279 g/mol. The molecule has 1 saturated heterocycles. The summed E-state index contributed by atoms with van der Waals surface area (Å²) in [4.78, 5) is 12.8. The van der Waals surface area contributed by atoms with E-state index in [0.29, 0.717) is 17.4 Å². The highest BCUT2D eigenvalue weighted by Crippen LogP contribution is 2.32. The van der Waals surface area contributed by atoms with Crippen molar-refractivity contribution in [3.63, 3.8) is 0 Å². The van der Waals surface area contributed by atoms with Crippen molar-refractivity contribution in [3.05, 3.63) is 28.3 Å². The van der Waals surface area contributed by atoms with E-state index in [1.54, 1.807) is 19.2 Å². The molecule has 6 heteroatoms. The van der Waals surface area contributed by atoms with Crippen LogP contribution >= 0.6 is 0 Å². The molecule has 20 heavy (non-hydrogen) atoms. The van der Waals surface area contributed by atoms with Gasteiger partial charge in [-0.2, -0.15) is 0 Å². The zero-order chi connectivity index (χ0) is 14.5. The molecule has 1 N–H and O–H groups in total. The number of ether oxygens (including phenoxy) is 1. The van der Waals surface area contributed by atoms with Crippen molar-refractivity contribution in [2.24, 2.45) is 5.92 Å². The molecule has 0 atom stereocenters. The Kier molecular flexibility index (Phi) is 4.79. The van der Waals surface area contributed by atoms with Gasteiger partial charge in [0.1, 0.15) is 11.4 Å². The van der Waals surface area contributed by atoms with Gasteiger partial charge in [0.05, 0.1) is 12.0 Å². The molecule has 0 radical (unpaired) electrons. The van der Waals surface area contributed by atoms with Crippen LogP contribution in [0.3, 0.4) is 0 Å². The van der Waals surface area contributed by atoms with Gasteiger partial charge in [-0.25, -0.2) is 0 Å². The van der Waals surface area contributed by atoms with Gasteiger partial charge in [-0.05, 0) is 37.9 Å². The van der Waals surface area contributed by atoms with E-state index in [4.69, 9.17) is 4.74 Å². The summed E-state index contributed by atoms with van der Waals surface area (Å²) in [6.07, 6.45) is 2.23. The van der Waals surface area contributed by atoms with Crippen molar-refractivity contribution in [1.82, 2.24) is 5.32 Å². The lowest BCUT2D eigenvalue weighted by Crippen LogP contribution is -2.34. The zero-order valence-corrected chi connectivity index (χ0v) is 12.0. The molecule has 0 amide bonds. The first-order valence-corrected chi connectivity index (χ1v) is 6.86. The molecular formula is C14H21N3O3. The maximum atomic E-state index is 11.1. The van der Waals surface area contributed by atoms with E-state index >= 15 is 0 Å². The molecule has 0 spiro atoms. The Labute approximate surface area is 118 Å². The number of nitrogens with zero attached hydrogens (tertiary/aromatic N) is 2. The van der Waals surface area contributed by atoms with Gasteiger partial charge in [0.2, 0.25) is 0 Å². The van der Waals surface area contributed by atoms with Gasteiger partial charge in [-0.3, -0.25) is 10.1 Å². The number of hydrogen-bond donors (Lipinski definition) is 1. The molecule has 1 heterocycles. The summed E-state index contributed by atoms with van der Waals surface area (Å²) in [5.74, 6) is 1.22. The largest absolute Gasteiger partial charge is 0.497 e. The van der Waals surface area contributed by atoms with Crippen LogP contribution in [0.25, 0.3) is 0 Å². The maximum absolute atomic E-state index is 11.1. The van der Waals surface area contributed by atoms with Crippen molar-refractivity contribution in [3.8, 4) is 5.75 Å². The molecule has 110 valence electrons. The van der Waals surface area contributed by atoms with Gasteiger partial charge >= 0.3 is 0 Å². The van der Waals surface area contributed by atoms with Crippen molar-refractivity contribution in [1.29, 1.82) is 0 Å². The molecule has 0 aromatic heterocycles. The summed E-state index contributed by atoms with van der Waals surface area (Å²) in [6.45, 7) is 2.88. The van der Waals surface area contributed by atoms with Crippen LogP contribution in [0.2, 0.25) is 0 Å². The first-order chi connectivity index (χ1) is 9.61. The van der Waals surface area contributed by atoms with Crippen LogP contribution in [-0.4, -0.2) is 38.7 Å². The van der Waals surface area contributed by atoms with Crippen LogP contribution in [0.1, 0.15) is 12.8 Å². The summed E-state index contributed by atoms with van der Waals surface area (Å²) < 4.78 is 5.17. The molecule has 1 aliphatic heterocycles. The van der Waals surface area contributed by atoms with Crippen LogP contribution < -0.4 is 15.0 Å². The summed E-state index contributed by atoms with van der Waals surface area (Å²) in [6, 6.07) is 4.87. The smallest absolute Gasteiger partial charge is 0.292 e. The zero-order valence-electron chi connectivity index (χ0n) is 12.0. The van der Waals surface area contributed by atoms with Crippen LogP contribution in [-0.2, 0) is 0 Å². The Balaban J connectivity index is 2.17.